The Hall–Kier alpha value is -2.28. The Balaban J connectivity index is 2.07. The van der Waals surface area contributed by atoms with Crippen molar-refractivity contribution < 1.29 is 4.74 Å². The topological polar surface area (TPSA) is 9.23 Å². The van der Waals surface area contributed by atoms with E-state index in [1.54, 1.807) is 7.11 Å². The van der Waals surface area contributed by atoms with Gasteiger partial charge < -0.3 is 4.74 Å². The lowest BCUT2D eigenvalue weighted by Crippen LogP contribution is -1.95. The molecule has 3 rings (SSSR count). The molecule has 1 heteroatoms. The summed E-state index contributed by atoms with van der Waals surface area (Å²) < 4.78 is 5.57. The van der Waals surface area contributed by atoms with Crippen molar-refractivity contribution in [3.63, 3.8) is 0 Å². The van der Waals surface area contributed by atoms with E-state index in [9.17, 15) is 0 Å². The first kappa shape index (κ1) is 12.7. The predicted molar refractivity (Wildman–Crippen MR) is 84.0 cm³/mol. The van der Waals surface area contributed by atoms with E-state index in [-0.39, 0.29) is 0 Å². The average molecular weight is 262 g/mol. The summed E-state index contributed by atoms with van der Waals surface area (Å²) in [6, 6.07) is 16.8. The second kappa shape index (κ2) is 5.79. The number of hydrogen-bond acceptors (Lipinski definition) is 1. The molecule has 0 saturated carbocycles. The van der Waals surface area contributed by atoms with Crippen molar-refractivity contribution >= 4 is 0 Å². The Morgan fingerprint density at radius 1 is 1.00 bits per heavy atom. The fourth-order valence-corrected chi connectivity index (χ4v) is 2.68. The van der Waals surface area contributed by atoms with Crippen molar-refractivity contribution in [2.24, 2.45) is 0 Å². The summed E-state index contributed by atoms with van der Waals surface area (Å²) >= 11 is 0. The molecule has 1 nitrogen and oxygen atoms in total. The Morgan fingerprint density at radius 3 is 2.55 bits per heavy atom. The van der Waals surface area contributed by atoms with Crippen molar-refractivity contribution in [2.45, 2.75) is 12.8 Å². The molecule has 0 spiro atoms. The molecule has 20 heavy (non-hydrogen) atoms. The van der Waals surface area contributed by atoms with E-state index in [2.05, 4.69) is 54.6 Å². The number of benzene rings is 2. The van der Waals surface area contributed by atoms with Crippen LogP contribution in [0.15, 0.2) is 72.3 Å². The number of rotatable bonds is 4. The molecule has 0 aliphatic heterocycles. The average Bonchev–Trinajstić information content (AvgIpc) is 3.01. The summed E-state index contributed by atoms with van der Waals surface area (Å²) in [5, 5.41) is 0. The maximum Gasteiger partial charge on any atom is 0.126 e. The molecule has 0 unspecified atom stereocenters. The van der Waals surface area contributed by atoms with Crippen LogP contribution >= 0.6 is 0 Å². The van der Waals surface area contributed by atoms with Crippen molar-refractivity contribution in [1.29, 1.82) is 0 Å². The smallest absolute Gasteiger partial charge is 0.126 e. The van der Waals surface area contributed by atoms with Crippen LogP contribution in [0.2, 0.25) is 0 Å². The van der Waals surface area contributed by atoms with E-state index in [4.69, 9.17) is 4.74 Å². The third-order valence-corrected chi connectivity index (χ3v) is 3.64. The Kier molecular flexibility index (Phi) is 3.69. The van der Waals surface area contributed by atoms with Gasteiger partial charge in [-0.25, -0.2) is 0 Å². The van der Waals surface area contributed by atoms with Gasteiger partial charge in [-0.2, -0.15) is 0 Å². The highest BCUT2D eigenvalue weighted by Crippen LogP contribution is 2.34. The predicted octanol–water partition coefficient (Wildman–Crippen LogP) is 4.79. The van der Waals surface area contributed by atoms with Gasteiger partial charge in [-0.3, -0.25) is 0 Å². The van der Waals surface area contributed by atoms with Crippen molar-refractivity contribution in [1.82, 2.24) is 0 Å². The van der Waals surface area contributed by atoms with Gasteiger partial charge >= 0.3 is 0 Å². The van der Waals surface area contributed by atoms with Crippen LogP contribution in [-0.4, -0.2) is 7.11 Å². The lowest BCUT2D eigenvalue weighted by molar-refractivity contribution is 0.416. The highest BCUT2D eigenvalue weighted by molar-refractivity contribution is 5.74. The van der Waals surface area contributed by atoms with Gasteiger partial charge in [0, 0.05) is 5.56 Å². The first-order valence-electron chi connectivity index (χ1n) is 6.95. The highest BCUT2D eigenvalue weighted by atomic mass is 16.5. The molecule has 0 fully saturated rings. The molecule has 0 saturated heterocycles. The number of ether oxygens (including phenoxy) is 1. The van der Waals surface area contributed by atoms with Crippen LogP contribution in [0.3, 0.4) is 0 Å². The van der Waals surface area contributed by atoms with Gasteiger partial charge in [-0.05, 0) is 35.6 Å². The SMILES string of the molecule is COc1cccc(CC2=CCC=C2)c1-c1ccccc1. The summed E-state index contributed by atoms with van der Waals surface area (Å²) in [7, 11) is 1.74. The van der Waals surface area contributed by atoms with Crippen molar-refractivity contribution in [3.8, 4) is 16.9 Å². The van der Waals surface area contributed by atoms with E-state index in [1.165, 1.54) is 22.3 Å². The van der Waals surface area contributed by atoms with Crippen LogP contribution in [0.5, 0.6) is 5.75 Å². The quantitative estimate of drug-likeness (QED) is 0.769. The Morgan fingerprint density at radius 2 is 1.85 bits per heavy atom. The molecule has 2 aromatic carbocycles. The molecule has 0 bridgehead atoms. The lowest BCUT2D eigenvalue weighted by Gasteiger charge is -2.14. The molecule has 2 aromatic rings. The Labute approximate surface area is 120 Å². The molecular formula is C19H18O. The third-order valence-electron chi connectivity index (χ3n) is 3.64. The second-order valence-corrected chi connectivity index (χ2v) is 4.95. The molecule has 0 amide bonds. The van der Waals surface area contributed by atoms with Gasteiger partial charge in [0.05, 0.1) is 7.11 Å². The molecule has 0 aromatic heterocycles. The minimum Gasteiger partial charge on any atom is -0.496 e. The Bertz CT molecular complexity index is 651. The zero-order chi connectivity index (χ0) is 13.8. The standard InChI is InChI=1S/C19H18O/c1-20-18-13-7-12-17(14-15-8-5-6-9-15)19(18)16-10-3-2-4-11-16/h2-5,7-13H,6,14H2,1H3. The molecule has 0 heterocycles. The normalized spacial score (nSPS) is 13.3. The molecule has 0 N–H and O–H groups in total. The molecular weight excluding hydrogens is 244 g/mol. The molecule has 1 aliphatic carbocycles. The summed E-state index contributed by atoms with van der Waals surface area (Å²) in [6.45, 7) is 0. The zero-order valence-electron chi connectivity index (χ0n) is 11.7. The summed E-state index contributed by atoms with van der Waals surface area (Å²) in [5.41, 5.74) is 5.11. The highest BCUT2D eigenvalue weighted by Gasteiger charge is 2.12. The molecule has 0 atom stereocenters. The van der Waals surface area contributed by atoms with E-state index in [0.717, 1.165) is 18.6 Å². The molecule has 100 valence electrons. The second-order valence-electron chi connectivity index (χ2n) is 4.95. The maximum atomic E-state index is 5.57. The molecule has 1 aliphatic rings. The largest absolute Gasteiger partial charge is 0.496 e. The van der Waals surface area contributed by atoms with Gasteiger partial charge in [0.2, 0.25) is 0 Å². The van der Waals surface area contributed by atoms with Crippen LogP contribution in [0, 0.1) is 0 Å². The lowest BCUT2D eigenvalue weighted by atomic mass is 9.94. The van der Waals surface area contributed by atoms with Crippen LogP contribution in [0.1, 0.15) is 12.0 Å². The summed E-state index contributed by atoms with van der Waals surface area (Å²) in [4.78, 5) is 0. The first-order chi connectivity index (χ1) is 9.88. The van der Waals surface area contributed by atoms with Crippen LogP contribution in [-0.2, 0) is 6.42 Å². The molecule has 0 radical (unpaired) electrons. The fourth-order valence-electron chi connectivity index (χ4n) is 2.68. The van der Waals surface area contributed by atoms with Gasteiger partial charge in [0.1, 0.15) is 5.75 Å². The van der Waals surface area contributed by atoms with Gasteiger partial charge in [0.15, 0.2) is 0 Å². The minimum absolute atomic E-state index is 0.941. The summed E-state index contributed by atoms with van der Waals surface area (Å²) in [6.07, 6.45) is 8.72. The van der Waals surface area contributed by atoms with Crippen LogP contribution in [0.25, 0.3) is 11.1 Å². The minimum atomic E-state index is 0.941. The van der Waals surface area contributed by atoms with E-state index >= 15 is 0 Å². The first-order valence-corrected chi connectivity index (χ1v) is 6.95. The maximum absolute atomic E-state index is 5.57. The van der Waals surface area contributed by atoms with Gasteiger partial charge in [0.25, 0.3) is 0 Å². The summed E-state index contributed by atoms with van der Waals surface area (Å²) in [5.74, 6) is 0.941. The number of allylic oxidation sites excluding steroid dienone is 4. The van der Waals surface area contributed by atoms with Gasteiger partial charge in [-0.1, -0.05) is 60.7 Å². The number of methoxy groups -OCH3 is 1. The monoisotopic (exact) mass is 262 g/mol. The number of hydrogen-bond donors (Lipinski definition) is 0. The van der Waals surface area contributed by atoms with Crippen molar-refractivity contribution in [3.05, 3.63) is 77.9 Å². The van der Waals surface area contributed by atoms with Gasteiger partial charge in [-0.15, -0.1) is 0 Å². The van der Waals surface area contributed by atoms with E-state index in [1.807, 2.05) is 12.1 Å². The van der Waals surface area contributed by atoms with E-state index < -0.39 is 0 Å². The van der Waals surface area contributed by atoms with Crippen molar-refractivity contribution in [2.75, 3.05) is 7.11 Å². The van der Waals surface area contributed by atoms with Crippen LogP contribution in [0.4, 0.5) is 0 Å². The zero-order valence-corrected chi connectivity index (χ0v) is 11.7. The van der Waals surface area contributed by atoms with E-state index in [0.29, 0.717) is 0 Å². The fraction of sp³-hybridized carbons (Fsp3) is 0.158. The third kappa shape index (κ3) is 2.53. The van der Waals surface area contributed by atoms with Crippen LogP contribution < -0.4 is 4.74 Å².